The zero-order valence-electron chi connectivity index (χ0n) is 9.92. The van der Waals surface area contributed by atoms with E-state index in [9.17, 15) is 66.0 Å². The Hall–Kier alpha value is -1.34. The van der Waals surface area contributed by atoms with Gasteiger partial charge in [-0.1, -0.05) is 38.9 Å². The first-order valence-electron chi connectivity index (χ1n) is 4.37. The van der Waals surface area contributed by atoms with Gasteiger partial charge in [-0.2, -0.15) is 17.6 Å². The summed E-state index contributed by atoms with van der Waals surface area (Å²) in [7, 11) is -22.7. The average Bonchev–Trinajstić information content (AvgIpc) is 2.06. The van der Waals surface area contributed by atoms with E-state index in [2.05, 4.69) is 0 Å². The predicted molar refractivity (Wildman–Crippen MR) is 52.4 cm³/mol. The third-order valence-electron chi connectivity index (χ3n) is 1.54. The molecule has 0 aromatic carbocycles. The van der Waals surface area contributed by atoms with E-state index in [1.807, 2.05) is 0 Å². The van der Waals surface area contributed by atoms with Crippen LogP contribution in [0.5, 0.6) is 0 Å². The van der Waals surface area contributed by atoms with E-state index in [1.54, 1.807) is 0 Å². The van der Waals surface area contributed by atoms with Crippen molar-refractivity contribution >= 4 is 32.6 Å². The topological polar surface area (TPSA) is 58.2 Å². The molecule has 20 heteroatoms. The Kier molecular flexibility index (Phi) is 3.69. The van der Waals surface area contributed by atoms with Crippen molar-refractivity contribution in [2.45, 2.75) is 11.8 Å². The van der Waals surface area contributed by atoms with Crippen molar-refractivity contribution < 1.29 is 66.0 Å². The molecule has 4 nitrogen and oxygen atoms in total. The van der Waals surface area contributed by atoms with Crippen molar-refractivity contribution in [3.63, 3.8) is 0 Å². The Morgan fingerprint density at radius 3 is 0.833 bits per heavy atom. The minimum Gasteiger partial charge on any atom is -0.267 e. The Balaban J connectivity index is 5.80. The molecular weight excluding hydrogens is 438 g/mol. The first kappa shape index (κ1) is 22.7. The van der Waals surface area contributed by atoms with Gasteiger partial charge in [-0.05, 0) is 0 Å². The molecule has 0 aliphatic rings. The van der Waals surface area contributed by atoms with E-state index in [0.717, 1.165) is 0 Å². The number of amides is 2. The Morgan fingerprint density at radius 2 is 0.708 bits per heavy atom. The van der Waals surface area contributed by atoms with Crippen molar-refractivity contribution in [3.8, 4) is 0 Å². The van der Waals surface area contributed by atoms with E-state index >= 15 is 0 Å². The number of rotatable bonds is 5. The summed E-state index contributed by atoms with van der Waals surface area (Å²) in [6.45, 7) is 0. The van der Waals surface area contributed by atoms with Gasteiger partial charge in [-0.15, -0.1) is 0 Å². The highest BCUT2D eigenvalue weighted by atomic mass is 32.5. The zero-order valence-corrected chi connectivity index (χ0v) is 11.6. The number of alkyl halides is 4. The second-order valence-corrected chi connectivity index (χ2v) is 8.23. The van der Waals surface area contributed by atoms with Crippen molar-refractivity contribution in [3.05, 3.63) is 0 Å². The van der Waals surface area contributed by atoms with Gasteiger partial charge in [0.15, 0.2) is 0 Å². The number of hydrogen-bond donors (Lipinski definition) is 2. The Morgan fingerprint density at radius 1 is 0.542 bits per heavy atom. The van der Waals surface area contributed by atoms with Crippen LogP contribution in [0.25, 0.3) is 0 Å². The van der Waals surface area contributed by atoms with Gasteiger partial charge < -0.3 is 0 Å². The SMILES string of the molecule is O=C(NS(F)(F)(F)(F)F)C(F)(F)C(F)(F)C(=O)NS(F)(F)(F)(F)F. The van der Waals surface area contributed by atoms with Crippen LogP contribution < -0.4 is 9.44 Å². The first-order valence-corrected chi connectivity index (χ1v) is 8.27. The van der Waals surface area contributed by atoms with E-state index in [0.29, 0.717) is 0 Å². The number of nitrogens with one attached hydrogen (secondary N) is 2. The molecule has 24 heavy (non-hydrogen) atoms. The minimum atomic E-state index is -11.3. The zero-order chi connectivity index (χ0) is 20.4. The van der Waals surface area contributed by atoms with Crippen LogP contribution >= 0.6 is 20.8 Å². The molecule has 0 spiro atoms. The van der Waals surface area contributed by atoms with Crippen molar-refractivity contribution in [1.82, 2.24) is 9.44 Å². The highest BCUT2D eigenvalue weighted by Crippen LogP contribution is 2.95. The molecule has 0 rings (SSSR count). The highest BCUT2D eigenvalue weighted by molar-refractivity contribution is 8.44. The molecule has 0 heterocycles. The van der Waals surface area contributed by atoms with Crippen LogP contribution in [-0.4, -0.2) is 23.7 Å². The maximum atomic E-state index is 12.7. The van der Waals surface area contributed by atoms with Crippen LogP contribution in [0.15, 0.2) is 0 Å². The lowest BCUT2D eigenvalue weighted by Gasteiger charge is -2.43. The number of halogens is 14. The fraction of sp³-hybridized carbons (Fsp3) is 0.500. The Bertz CT molecular complexity index is 532. The van der Waals surface area contributed by atoms with Gasteiger partial charge >= 0.3 is 44.5 Å². The fourth-order valence-electron chi connectivity index (χ4n) is 0.764. The van der Waals surface area contributed by atoms with E-state index < -0.39 is 53.9 Å². The molecule has 0 bridgehead atoms. The second-order valence-electron chi connectivity index (χ2n) is 3.95. The van der Waals surface area contributed by atoms with Crippen LogP contribution in [0.4, 0.5) is 56.4 Å². The molecule has 0 aliphatic heterocycles. The lowest BCUT2D eigenvalue weighted by molar-refractivity contribution is -0.209. The summed E-state index contributed by atoms with van der Waals surface area (Å²) in [5.74, 6) is -23.7. The molecule has 0 radical (unpaired) electrons. The number of hydrogen-bond acceptors (Lipinski definition) is 2. The molecule has 0 atom stereocenters. The summed E-state index contributed by atoms with van der Waals surface area (Å²) < 4.78 is 164. The molecule has 150 valence electrons. The summed E-state index contributed by atoms with van der Waals surface area (Å²) in [4.78, 5) is 20.4. The second kappa shape index (κ2) is 3.90. The lowest BCUT2D eigenvalue weighted by atomic mass is 10.1. The molecule has 0 aliphatic carbocycles. The lowest BCUT2D eigenvalue weighted by Crippen LogP contribution is -2.61. The largest absolute Gasteiger partial charge is 0.396 e. The summed E-state index contributed by atoms with van der Waals surface area (Å²) >= 11 is 0. The van der Waals surface area contributed by atoms with Crippen LogP contribution in [0.2, 0.25) is 0 Å². The summed E-state index contributed by atoms with van der Waals surface area (Å²) in [5, 5.41) is 0. The van der Waals surface area contributed by atoms with Crippen molar-refractivity contribution in [2.75, 3.05) is 0 Å². The maximum Gasteiger partial charge on any atom is 0.396 e. The minimum absolute atomic E-state index is 1.77. The quantitative estimate of drug-likeness (QED) is 0.597. The molecule has 2 amide bonds. The van der Waals surface area contributed by atoms with E-state index in [4.69, 9.17) is 0 Å². The van der Waals surface area contributed by atoms with Gasteiger partial charge in [0.05, 0.1) is 0 Å². The molecule has 0 unspecified atom stereocenters. The van der Waals surface area contributed by atoms with Crippen LogP contribution in [0, 0.1) is 0 Å². The summed E-state index contributed by atoms with van der Waals surface area (Å²) in [6.07, 6.45) is 0. The fourth-order valence-corrected chi connectivity index (χ4v) is 1.72. The van der Waals surface area contributed by atoms with E-state index in [1.165, 1.54) is 0 Å². The van der Waals surface area contributed by atoms with Crippen molar-refractivity contribution in [1.29, 1.82) is 0 Å². The molecular formula is C4H2F14N2O2S2. The molecule has 0 saturated heterocycles. The molecule has 0 fully saturated rings. The monoisotopic (exact) mass is 440 g/mol. The highest BCUT2D eigenvalue weighted by Gasteiger charge is 2.76. The third kappa shape index (κ3) is 7.05. The first-order chi connectivity index (χ1) is 9.46. The van der Waals surface area contributed by atoms with E-state index in [-0.39, 0.29) is 0 Å². The van der Waals surface area contributed by atoms with Gasteiger partial charge in [0.1, 0.15) is 0 Å². The average molecular weight is 440 g/mol. The van der Waals surface area contributed by atoms with Gasteiger partial charge in [0.2, 0.25) is 0 Å². The third-order valence-corrected chi connectivity index (χ3v) is 2.68. The molecule has 2 N–H and O–H groups in total. The van der Waals surface area contributed by atoms with Crippen LogP contribution in [-0.2, 0) is 9.59 Å². The molecule has 0 saturated carbocycles. The summed E-state index contributed by atoms with van der Waals surface area (Å²) in [5.41, 5.74) is 0. The van der Waals surface area contributed by atoms with Gasteiger partial charge in [0.25, 0.3) is 0 Å². The van der Waals surface area contributed by atoms with Gasteiger partial charge in [-0.3, -0.25) is 9.59 Å². The normalized spacial score (nSPS) is 20.1. The smallest absolute Gasteiger partial charge is 0.267 e. The number of carbonyl (C=O) groups excluding carboxylic acids is 2. The summed E-state index contributed by atoms with van der Waals surface area (Å²) in [6, 6.07) is 0. The Labute approximate surface area is 121 Å². The van der Waals surface area contributed by atoms with Crippen molar-refractivity contribution in [2.24, 2.45) is 0 Å². The molecule has 0 aromatic rings. The molecule has 0 aromatic heterocycles. The standard InChI is InChI=1S/C4H2F14N2O2S2/c5-3(6,1(21)19-23(9,10,11,12)13)4(7,8)2(22)20-24(14,15,16,17)18/h(H,19,21)(H,20,22). The van der Waals surface area contributed by atoms with Gasteiger partial charge in [-0.25, -0.2) is 9.44 Å². The van der Waals surface area contributed by atoms with Crippen LogP contribution in [0.3, 0.4) is 0 Å². The van der Waals surface area contributed by atoms with Gasteiger partial charge in [0, 0.05) is 0 Å². The predicted octanol–water partition coefficient (Wildman–Crippen LogP) is 4.92. The number of carbonyl (C=O) groups is 2. The maximum absolute atomic E-state index is 12.7. The van der Waals surface area contributed by atoms with Crippen LogP contribution in [0.1, 0.15) is 0 Å².